The second kappa shape index (κ2) is 6.48. The van der Waals surface area contributed by atoms with Crippen LogP contribution in [0.15, 0.2) is 30.3 Å². The molecule has 1 heterocycles. The maximum atomic E-state index is 12.3. The van der Waals surface area contributed by atoms with Crippen LogP contribution in [0.4, 0.5) is 4.79 Å². The monoisotopic (exact) mass is 290 g/mol. The van der Waals surface area contributed by atoms with E-state index < -0.39 is 5.60 Å². The van der Waals surface area contributed by atoms with Crippen LogP contribution in [-0.4, -0.2) is 36.2 Å². The molecule has 0 aliphatic carbocycles. The van der Waals surface area contributed by atoms with Crippen LogP contribution < -0.4 is 5.73 Å². The molecule has 1 saturated heterocycles. The fourth-order valence-electron chi connectivity index (χ4n) is 2.85. The molecule has 4 heteroatoms. The molecule has 2 atom stereocenters. The van der Waals surface area contributed by atoms with Gasteiger partial charge in [0.15, 0.2) is 0 Å². The zero-order valence-electron chi connectivity index (χ0n) is 13.2. The Labute approximate surface area is 127 Å². The average Bonchev–Trinajstić information content (AvgIpc) is 2.45. The molecule has 0 aromatic heterocycles. The molecule has 4 nitrogen and oxygen atoms in total. The lowest BCUT2D eigenvalue weighted by Crippen LogP contribution is -2.46. The van der Waals surface area contributed by atoms with Crippen molar-refractivity contribution in [3.05, 3.63) is 35.9 Å². The van der Waals surface area contributed by atoms with E-state index in [4.69, 9.17) is 10.5 Å². The molecule has 0 radical (unpaired) electrons. The number of rotatable bonds is 2. The van der Waals surface area contributed by atoms with Crippen LogP contribution in [0.5, 0.6) is 0 Å². The van der Waals surface area contributed by atoms with E-state index in [1.807, 2.05) is 43.9 Å². The molecule has 0 saturated carbocycles. The standard InChI is InChI=1S/C17H26N2O2/c1-17(2,3)21-16(20)19-10-9-14(11-18)15(12-19)13-7-5-4-6-8-13/h4-8,14-15H,9-12,18H2,1-3H3. The van der Waals surface area contributed by atoms with E-state index in [0.717, 1.165) is 13.0 Å². The Morgan fingerprint density at radius 1 is 1.33 bits per heavy atom. The van der Waals surface area contributed by atoms with Crippen LogP contribution in [0.25, 0.3) is 0 Å². The molecule has 1 amide bonds. The molecule has 1 aliphatic rings. The van der Waals surface area contributed by atoms with Gasteiger partial charge in [0.25, 0.3) is 0 Å². The number of hydrogen-bond donors (Lipinski definition) is 1. The second-order valence-corrected chi connectivity index (χ2v) is 6.73. The summed E-state index contributed by atoms with van der Waals surface area (Å²) in [4.78, 5) is 14.1. The fourth-order valence-corrected chi connectivity index (χ4v) is 2.85. The molecule has 2 N–H and O–H groups in total. The van der Waals surface area contributed by atoms with E-state index >= 15 is 0 Å². The highest BCUT2D eigenvalue weighted by Crippen LogP contribution is 2.32. The third-order valence-corrected chi connectivity index (χ3v) is 3.94. The predicted molar refractivity (Wildman–Crippen MR) is 84.2 cm³/mol. The largest absolute Gasteiger partial charge is 0.444 e. The molecular weight excluding hydrogens is 264 g/mol. The molecule has 116 valence electrons. The highest BCUT2D eigenvalue weighted by Gasteiger charge is 2.33. The van der Waals surface area contributed by atoms with Gasteiger partial charge in [0, 0.05) is 19.0 Å². The molecule has 0 spiro atoms. The van der Waals surface area contributed by atoms with Crippen molar-refractivity contribution < 1.29 is 9.53 Å². The van der Waals surface area contributed by atoms with Gasteiger partial charge in [-0.1, -0.05) is 30.3 Å². The van der Waals surface area contributed by atoms with E-state index in [9.17, 15) is 4.79 Å². The van der Waals surface area contributed by atoms with Crippen molar-refractivity contribution in [2.75, 3.05) is 19.6 Å². The number of carbonyl (C=O) groups excluding carboxylic acids is 1. The summed E-state index contributed by atoms with van der Waals surface area (Å²) in [5.41, 5.74) is 6.72. The first kappa shape index (κ1) is 15.8. The zero-order valence-corrected chi connectivity index (χ0v) is 13.2. The maximum absolute atomic E-state index is 12.3. The molecule has 1 fully saturated rings. The van der Waals surface area contributed by atoms with Crippen LogP contribution in [-0.2, 0) is 4.74 Å². The predicted octanol–water partition coefficient (Wildman–Crippen LogP) is 2.99. The average molecular weight is 290 g/mol. The second-order valence-electron chi connectivity index (χ2n) is 6.73. The summed E-state index contributed by atoms with van der Waals surface area (Å²) >= 11 is 0. The molecular formula is C17H26N2O2. The van der Waals surface area contributed by atoms with Crippen LogP contribution in [0.2, 0.25) is 0 Å². The van der Waals surface area contributed by atoms with Crippen molar-refractivity contribution in [1.82, 2.24) is 4.90 Å². The molecule has 2 rings (SSSR count). The highest BCUT2D eigenvalue weighted by atomic mass is 16.6. The molecule has 1 aromatic carbocycles. The quantitative estimate of drug-likeness (QED) is 0.911. The normalized spacial score (nSPS) is 23.0. The van der Waals surface area contributed by atoms with Gasteiger partial charge in [0.1, 0.15) is 5.60 Å². The topological polar surface area (TPSA) is 55.6 Å². The van der Waals surface area contributed by atoms with Crippen LogP contribution >= 0.6 is 0 Å². The number of piperidine rings is 1. The van der Waals surface area contributed by atoms with Gasteiger partial charge in [-0.05, 0) is 45.2 Å². The zero-order chi connectivity index (χ0) is 15.5. The summed E-state index contributed by atoms with van der Waals surface area (Å²) in [6, 6.07) is 10.3. The molecule has 0 bridgehead atoms. The fraction of sp³-hybridized carbons (Fsp3) is 0.588. The van der Waals surface area contributed by atoms with Crippen molar-refractivity contribution in [2.24, 2.45) is 11.7 Å². The van der Waals surface area contributed by atoms with Gasteiger partial charge in [-0.3, -0.25) is 0 Å². The minimum atomic E-state index is -0.454. The van der Waals surface area contributed by atoms with Gasteiger partial charge >= 0.3 is 6.09 Å². The molecule has 1 aromatic rings. The smallest absolute Gasteiger partial charge is 0.410 e. The molecule has 1 aliphatic heterocycles. The summed E-state index contributed by atoms with van der Waals surface area (Å²) in [5.74, 6) is 0.712. The number of nitrogens with two attached hydrogens (primary N) is 1. The lowest BCUT2D eigenvalue weighted by Gasteiger charge is -2.39. The summed E-state index contributed by atoms with van der Waals surface area (Å²) < 4.78 is 5.49. The van der Waals surface area contributed by atoms with Crippen molar-refractivity contribution in [3.8, 4) is 0 Å². The van der Waals surface area contributed by atoms with Crippen molar-refractivity contribution in [3.63, 3.8) is 0 Å². The van der Waals surface area contributed by atoms with E-state index in [1.165, 1.54) is 5.56 Å². The van der Waals surface area contributed by atoms with E-state index in [2.05, 4.69) is 12.1 Å². The Morgan fingerprint density at radius 2 is 2.00 bits per heavy atom. The van der Waals surface area contributed by atoms with Gasteiger partial charge in [0.05, 0.1) is 0 Å². The van der Waals surface area contributed by atoms with Gasteiger partial charge in [-0.15, -0.1) is 0 Å². The van der Waals surface area contributed by atoms with Gasteiger partial charge in [-0.25, -0.2) is 4.79 Å². The summed E-state index contributed by atoms with van der Waals surface area (Å²) in [7, 11) is 0. The van der Waals surface area contributed by atoms with Crippen LogP contribution in [0.1, 0.15) is 38.7 Å². The molecule has 21 heavy (non-hydrogen) atoms. The molecule has 2 unspecified atom stereocenters. The number of ether oxygens (including phenoxy) is 1. The summed E-state index contributed by atoms with van der Waals surface area (Å²) in [6.07, 6.45) is 0.703. The Hall–Kier alpha value is -1.55. The Morgan fingerprint density at radius 3 is 2.57 bits per heavy atom. The Kier molecular flexibility index (Phi) is 4.88. The summed E-state index contributed by atoms with van der Waals surface area (Å²) in [6.45, 7) is 7.74. The summed E-state index contributed by atoms with van der Waals surface area (Å²) in [5, 5.41) is 0. The minimum Gasteiger partial charge on any atom is -0.444 e. The van der Waals surface area contributed by atoms with E-state index in [1.54, 1.807) is 0 Å². The number of likely N-dealkylation sites (tertiary alicyclic amines) is 1. The first-order chi connectivity index (χ1) is 9.90. The number of amides is 1. The third-order valence-electron chi connectivity index (χ3n) is 3.94. The Bertz CT molecular complexity index is 467. The van der Waals surface area contributed by atoms with Crippen molar-refractivity contribution in [2.45, 2.75) is 38.7 Å². The van der Waals surface area contributed by atoms with Gasteiger partial charge in [-0.2, -0.15) is 0 Å². The number of carbonyl (C=O) groups is 1. The van der Waals surface area contributed by atoms with Crippen LogP contribution in [0, 0.1) is 5.92 Å². The van der Waals surface area contributed by atoms with Crippen molar-refractivity contribution >= 4 is 6.09 Å². The first-order valence-corrected chi connectivity index (χ1v) is 7.63. The Balaban J connectivity index is 2.10. The minimum absolute atomic E-state index is 0.223. The van der Waals surface area contributed by atoms with Gasteiger partial charge in [0.2, 0.25) is 0 Å². The lowest BCUT2D eigenvalue weighted by molar-refractivity contribution is 0.0160. The lowest BCUT2D eigenvalue weighted by atomic mass is 9.81. The highest BCUT2D eigenvalue weighted by molar-refractivity contribution is 5.68. The van der Waals surface area contributed by atoms with E-state index in [0.29, 0.717) is 19.0 Å². The number of nitrogens with zero attached hydrogens (tertiary/aromatic N) is 1. The number of hydrogen-bond acceptors (Lipinski definition) is 3. The first-order valence-electron chi connectivity index (χ1n) is 7.63. The van der Waals surface area contributed by atoms with E-state index in [-0.39, 0.29) is 12.0 Å². The SMILES string of the molecule is CC(C)(C)OC(=O)N1CCC(CN)C(c2ccccc2)C1. The van der Waals surface area contributed by atoms with Gasteiger partial charge < -0.3 is 15.4 Å². The third kappa shape index (κ3) is 4.21. The van der Waals surface area contributed by atoms with Crippen LogP contribution in [0.3, 0.4) is 0 Å². The number of benzene rings is 1. The van der Waals surface area contributed by atoms with Crippen molar-refractivity contribution in [1.29, 1.82) is 0 Å². The maximum Gasteiger partial charge on any atom is 0.410 e.